The standard InChI is InChI=1S/C18H27N/c1-2-19-18(12-14-8-4-3-5-9-14)17-13-15-10-6-7-11-16(15)17/h6-7,10-11,14,17-19H,2-5,8-9,12-13H2,1H3. The Morgan fingerprint density at radius 2 is 1.95 bits per heavy atom. The van der Waals surface area contributed by atoms with Gasteiger partial charge in [0.25, 0.3) is 0 Å². The van der Waals surface area contributed by atoms with Crippen LogP contribution in [0.15, 0.2) is 24.3 Å². The molecule has 1 heteroatoms. The molecule has 1 nitrogen and oxygen atoms in total. The summed E-state index contributed by atoms with van der Waals surface area (Å²) in [6.07, 6.45) is 10.0. The number of rotatable bonds is 5. The zero-order valence-corrected chi connectivity index (χ0v) is 12.2. The Bertz CT molecular complexity index is 406. The van der Waals surface area contributed by atoms with E-state index >= 15 is 0 Å². The first kappa shape index (κ1) is 13.2. The average Bonchev–Trinajstić information content (AvgIpc) is 2.41. The molecule has 2 aliphatic rings. The molecule has 0 bridgehead atoms. The molecule has 1 aromatic rings. The van der Waals surface area contributed by atoms with Crippen molar-refractivity contribution >= 4 is 0 Å². The van der Waals surface area contributed by atoms with Gasteiger partial charge in [-0.25, -0.2) is 0 Å². The maximum Gasteiger partial charge on any atom is 0.0142 e. The Morgan fingerprint density at radius 1 is 1.16 bits per heavy atom. The van der Waals surface area contributed by atoms with Gasteiger partial charge in [-0.1, -0.05) is 63.3 Å². The lowest BCUT2D eigenvalue weighted by atomic mass is 9.70. The molecule has 0 saturated heterocycles. The summed E-state index contributed by atoms with van der Waals surface area (Å²) >= 11 is 0. The molecule has 0 spiro atoms. The molecule has 1 saturated carbocycles. The Hall–Kier alpha value is -0.820. The summed E-state index contributed by atoms with van der Waals surface area (Å²) < 4.78 is 0. The van der Waals surface area contributed by atoms with Gasteiger partial charge in [0, 0.05) is 12.0 Å². The quantitative estimate of drug-likeness (QED) is 0.830. The summed E-state index contributed by atoms with van der Waals surface area (Å²) in [6.45, 7) is 3.36. The van der Waals surface area contributed by atoms with Crippen molar-refractivity contribution in [2.75, 3.05) is 6.54 Å². The zero-order valence-electron chi connectivity index (χ0n) is 12.2. The summed E-state index contributed by atoms with van der Waals surface area (Å²) in [5.41, 5.74) is 3.20. The zero-order chi connectivity index (χ0) is 13.1. The van der Waals surface area contributed by atoms with Gasteiger partial charge in [-0.15, -0.1) is 0 Å². The Kier molecular flexibility index (Phi) is 4.22. The number of nitrogens with one attached hydrogen (secondary N) is 1. The second-order valence-electron chi connectivity index (χ2n) is 6.41. The van der Waals surface area contributed by atoms with Crippen LogP contribution in [-0.4, -0.2) is 12.6 Å². The fraction of sp³-hybridized carbons (Fsp3) is 0.667. The third-order valence-electron chi connectivity index (χ3n) is 5.16. The molecular weight excluding hydrogens is 230 g/mol. The molecule has 19 heavy (non-hydrogen) atoms. The fourth-order valence-corrected chi connectivity index (χ4v) is 4.09. The maximum absolute atomic E-state index is 3.77. The van der Waals surface area contributed by atoms with Crippen LogP contribution in [0.1, 0.15) is 62.5 Å². The average molecular weight is 257 g/mol. The monoisotopic (exact) mass is 257 g/mol. The van der Waals surface area contributed by atoms with E-state index in [2.05, 4.69) is 36.5 Å². The third kappa shape index (κ3) is 2.86. The van der Waals surface area contributed by atoms with Gasteiger partial charge in [0.2, 0.25) is 0 Å². The van der Waals surface area contributed by atoms with E-state index in [0.717, 1.165) is 18.4 Å². The lowest BCUT2D eigenvalue weighted by Gasteiger charge is -2.39. The molecule has 0 amide bonds. The number of benzene rings is 1. The Labute approximate surface area is 117 Å². The van der Waals surface area contributed by atoms with E-state index in [1.165, 1.54) is 44.9 Å². The molecule has 2 unspecified atom stereocenters. The topological polar surface area (TPSA) is 12.0 Å². The largest absolute Gasteiger partial charge is 0.314 e. The number of likely N-dealkylation sites (N-methyl/N-ethyl adjacent to an activating group) is 1. The second kappa shape index (κ2) is 6.09. The predicted octanol–water partition coefficient (Wildman–Crippen LogP) is 4.27. The van der Waals surface area contributed by atoms with Gasteiger partial charge in [-0.2, -0.15) is 0 Å². The molecular formula is C18H27N. The molecule has 1 N–H and O–H groups in total. The lowest BCUT2D eigenvalue weighted by molar-refractivity contribution is 0.270. The molecule has 3 rings (SSSR count). The highest BCUT2D eigenvalue weighted by molar-refractivity contribution is 5.41. The molecule has 104 valence electrons. The van der Waals surface area contributed by atoms with Gasteiger partial charge in [0.05, 0.1) is 0 Å². The van der Waals surface area contributed by atoms with Crippen molar-refractivity contribution in [1.82, 2.24) is 5.32 Å². The van der Waals surface area contributed by atoms with Crippen LogP contribution in [0.4, 0.5) is 0 Å². The first-order chi connectivity index (χ1) is 9.38. The molecule has 1 fully saturated rings. The minimum Gasteiger partial charge on any atom is -0.314 e. The lowest BCUT2D eigenvalue weighted by Crippen LogP contribution is -2.41. The van der Waals surface area contributed by atoms with Crippen molar-refractivity contribution in [3.8, 4) is 0 Å². The van der Waals surface area contributed by atoms with E-state index < -0.39 is 0 Å². The van der Waals surface area contributed by atoms with Crippen LogP contribution < -0.4 is 5.32 Å². The van der Waals surface area contributed by atoms with Crippen molar-refractivity contribution in [3.63, 3.8) is 0 Å². The fourth-order valence-electron chi connectivity index (χ4n) is 4.09. The molecule has 0 aliphatic heterocycles. The Balaban J connectivity index is 1.65. The van der Waals surface area contributed by atoms with Crippen LogP contribution in [0, 0.1) is 5.92 Å². The summed E-state index contributed by atoms with van der Waals surface area (Å²) in [7, 11) is 0. The van der Waals surface area contributed by atoms with Crippen molar-refractivity contribution in [2.45, 2.75) is 63.8 Å². The molecule has 0 heterocycles. The summed E-state index contributed by atoms with van der Waals surface area (Å²) in [5, 5.41) is 3.77. The molecule has 0 radical (unpaired) electrons. The third-order valence-corrected chi connectivity index (χ3v) is 5.16. The van der Waals surface area contributed by atoms with E-state index in [1.807, 2.05) is 0 Å². The van der Waals surface area contributed by atoms with Crippen LogP contribution >= 0.6 is 0 Å². The van der Waals surface area contributed by atoms with Crippen molar-refractivity contribution in [1.29, 1.82) is 0 Å². The molecule has 2 atom stereocenters. The van der Waals surface area contributed by atoms with Crippen molar-refractivity contribution in [3.05, 3.63) is 35.4 Å². The highest BCUT2D eigenvalue weighted by Gasteiger charge is 2.33. The van der Waals surface area contributed by atoms with Crippen LogP contribution in [0.2, 0.25) is 0 Å². The van der Waals surface area contributed by atoms with Crippen molar-refractivity contribution < 1.29 is 0 Å². The predicted molar refractivity (Wildman–Crippen MR) is 81.5 cm³/mol. The first-order valence-electron chi connectivity index (χ1n) is 8.19. The van der Waals surface area contributed by atoms with E-state index in [4.69, 9.17) is 0 Å². The van der Waals surface area contributed by atoms with Crippen LogP contribution in [0.3, 0.4) is 0 Å². The van der Waals surface area contributed by atoms with Gasteiger partial charge in [0.15, 0.2) is 0 Å². The molecule has 1 aromatic carbocycles. The van der Waals surface area contributed by atoms with Crippen LogP contribution in [-0.2, 0) is 6.42 Å². The number of hydrogen-bond donors (Lipinski definition) is 1. The van der Waals surface area contributed by atoms with E-state index in [0.29, 0.717) is 6.04 Å². The van der Waals surface area contributed by atoms with Gasteiger partial charge >= 0.3 is 0 Å². The van der Waals surface area contributed by atoms with E-state index in [-0.39, 0.29) is 0 Å². The SMILES string of the molecule is CCNC(CC1CCCCC1)C1Cc2ccccc21. The summed E-state index contributed by atoms with van der Waals surface area (Å²) in [4.78, 5) is 0. The summed E-state index contributed by atoms with van der Waals surface area (Å²) in [5.74, 6) is 1.75. The van der Waals surface area contributed by atoms with E-state index in [9.17, 15) is 0 Å². The van der Waals surface area contributed by atoms with Gasteiger partial charge in [0.1, 0.15) is 0 Å². The number of hydrogen-bond acceptors (Lipinski definition) is 1. The smallest absolute Gasteiger partial charge is 0.0142 e. The minimum atomic E-state index is 0.711. The normalized spacial score (nSPS) is 24.6. The highest BCUT2D eigenvalue weighted by atomic mass is 14.9. The maximum atomic E-state index is 3.77. The Morgan fingerprint density at radius 3 is 2.68 bits per heavy atom. The van der Waals surface area contributed by atoms with Crippen LogP contribution in [0.5, 0.6) is 0 Å². The highest BCUT2D eigenvalue weighted by Crippen LogP contribution is 2.40. The molecule has 0 aromatic heterocycles. The minimum absolute atomic E-state index is 0.711. The van der Waals surface area contributed by atoms with Crippen LogP contribution in [0.25, 0.3) is 0 Å². The summed E-state index contributed by atoms with van der Waals surface area (Å²) in [6, 6.07) is 9.74. The van der Waals surface area contributed by atoms with Gasteiger partial charge in [-0.05, 0) is 36.4 Å². The number of fused-ring (bicyclic) bond motifs is 1. The van der Waals surface area contributed by atoms with Crippen molar-refractivity contribution in [2.24, 2.45) is 5.92 Å². The molecule has 2 aliphatic carbocycles. The van der Waals surface area contributed by atoms with E-state index in [1.54, 1.807) is 11.1 Å². The second-order valence-corrected chi connectivity index (χ2v) is 6.41. The van der Waals surface area contributed by atoms with Gasteiger partial charge < -0.3 is 5.32 Å². The van der Waals surface area contributed by atoms with Gasteiger partial charge in [-0.3, -0.25) is 0 Å². The first-order valence-corrected chi connectivity index (χ1v) is 8.19.